The van der Waals surface area contributed by atoms with E-state index >= 15 is 0 Å². The Hall–Kier alpha value is -3.14. The van der Waals surface area contributed by atoms with Crippen molar-refractivity contribution in [3.8, 4) is 0 Å². The van der Waals surface area contributed by atoms with E-state index in [2.05, 4.69) is 16.0 Å². The van der Waals surface area contributed by atoms with Gasteiger partial charge in [0.2, 0.25) is 11.8 Å². The third kappa shape index (κ3) is 8.91. The molecular formula is C20H31N5O5. The molecule has 0 aliphatic rings. The molecule has 0 saturated heterocycles. The first-order chi connectivity index (χ1) is 14.1. The lowest BCUT2D eigenvalue weighted by Gasteiger charge is -2.24. The first kappa shape index (κ1) is 24.9. The molecule has 0 aromatic heterocycles. The summed E-state index contributed by atoms with van der Waals surface area (Å²) in [4.78, 5) is 47.4. The molecule has 4 amide bonds. The number of carboxylic acid groups (broad SMARTS) is 1. The standard InChI is InChI=1S/C20H31N5O5/c1-12(2)16(21)18(27)25-15(11-13-7-4-3-5-8-13)17(26)24-14(19(28)29)9-6-10-23-20(22)30/h3-5,7-8,12,14-16H,6,9-11,21H2,1-2H3,(H,24,26)(H,25,27)(H,28,29)(H3,22,23,30)/t14-,15-,16+/m0/s1. The van der Waals surface area contributed by atoms with Crippen LogP contribution in [-0.4, -0.2) is 53.6 Å². The predicted molar refractivity (Wildman–Crippen MR) is 111 cm³/mol. The summed E-state index contributed by atoms with van der Waals surface area (Å²) in [6.07, 6.45) is 0.561. The van der Waals surface area contributed by atoms with Crippen molar-refractivity contribution in [1.82, 2.24) is 16.0 Å². The van der Waals surface area contributed by atoms with Gasteiger partial charge in [-0.25, -0.2) is 9.59 Å². The minimum Gasteiger partial charge on any atom is -0.480 e. The molecule has 0 spiro atoms. The lowest BCUT2D eigenvalue weighted by atomic mass is 10.0. The van der Waals surface area contributed by atoms with Gasteiger partial charge in [-0.05, 0) is 24.3 Å². The SMILES string of the molecule is CC(C)[C@@H](N)C(=O)N[C@@H](Cc1ccccc1)C(=O)N[C@@H](CCCNC(N)=O)C(=O)O. The molecule has 0 aliphatic heterocycles. The third-order valence-corrected chi connectivity index (χ3v) is 4.52. The number of primary amides is 1. The monoisotopic (exact) mass is 421 g/mol. The number of urea groups is 1. The highest BCUT2D eigenvalue weighted by molar-refractivity contribution is 5.92. The number of nitrogens with two attached hydrogens (primary N) is 2. The minimum atomic E-state index is -1.22. The van der Waals surface area contributed by atoms with Crippen molar-refractivity contribution >= 4 is 23.8 Å². The highest BCUT2D eigenvalue weighted by Crippen LogP contribution is 2.07. The minimum absolute atomic E-state index is 0.0822. The number of aliphatic carboxylic acids is 1. The zero-order valence-electron chi connectivity index (χ0n) is 17.3. The van der Waals surface area contributed by atoms with Crippen molar-refractivity contribution in [2.45, 2.75) is 51.2 Å². The first-order valence-electron chi connectivity index (χ1n) is 9.78. The van der Waals surface area contributed by atoms with Crippen molar-refractivity contribution in [3.05, 3.63) is 35.9 Å². The van der Waals surface area contributed by atoms with Gasteiger partial charge in [0.05, 0.1) is 6.04 Å². The molecule has 0 radical (unpaired) electrons. The summed E-state index contributed by atoms with van der Waals surface area (Å²) >= 11 is 0. The number of rotatable bonds is 12. The Morgan fingerprint density at radius 1 is 1.00 bits per heavy atom. The number of carbonyl (C=O) groups excluding carboxylic acids is 3. The molecule has 1 aromatic rings. The molecule has 3 atom stereocenters. The van der Waals surface area contributed by atoms with Crippen molar-refractivity contribution < 1.29 is 24.3 Å². The lowest BCUT2D eigenvalue weighted by Crippen LogP contribution is -2.56. The second-order valence-corrected chi connectivity index (χ2v) is 7.35. The number of benzene rings is 1. The highest BCUT2D eigenvalue weighted by atomic mass is 16.4. The fraction of sp³-hybridized carbons (Fsp3) is 0.500. The quantitative estimate of drug-likeness (QED) is 0.253. The fourth-order valence-corrected chi connectivity index (χ4v) is 2.68. The van der Waals surface area contributed by atoms with Gasteiger partial charge >= 0.3 is 12.0 Å². The van der Waals surface area contributed by atoms with Crippen LogP contribution in [0.15, 0.2) is 30.3 Å². The van der Waals surface area contributed by atoms with Gasteiger partial charge in [0, 0.05) is 13.0 Å². The van der Waals surface area contributed by atoms with Gasteiger partial charge in [0.15, 0.2) is 0 Å². The van der Waals surface area contributed by atoms with Crippen LogP contribution in [0.5, 0.6) is 0 Å². The molecule has 8 N–H and O–H groups in total. The third-order valence-electron chi connectivity index (χ3n) is 4.52. The first-order valence-corrected chi connectivity index (χ1v) is 9.78. The number of nitrogens with one attached hydrogen (secondary N) is 3. The van der Waals surface area contributed by atoms with Crippen LogP contribution >= 0.6 is 0 Å². The van der Waals surface area contributed by atoms with Crippen molar-refractivity contribution in [3.63, 3.8) is 0 Å². The Morgan fingerprint density at radius 3 is 2.13 bits per heavy atom. The molecule has 0 saturated carbocycles. The Labute approximate surface area is 175 Å². The van der Waals surface area contributed by atoms with Gasteiger partial charge in [-0.3, -0.25) is 9.59 Å². The van der Waals surface area contributed by atoms with Crippen LogP contribution in [0.4, 0.5) is 4.79 Å². The molecule has 0 bridgehead atoms. The van der Waals surface area contributed by atoms with Crippen LogP contribution in [0.3, 0.4) is 0 Å². The van der Waals surface area contributed by atoms with E-state index in [1.807, 2.05) is 6.07 Å². The van der Waals surface area contributed by atoms with Crippen LogP contribution in [0.1, 0.15) is 32.3 Å². The molecule has 0 heterocycles. The normalized spacial score (nSPS) is 13.7. The molecule has 10 nitrogen and oxygen atoms in total. The molecule has 1 rings (SSSR count). The highest BCUT2D eigenvalue weighted by Gasteiger charge is 2.28. The summed E-state index contributed by atoms with van der Waals surface area (Å²) in [5, 5.41) is 16.9. The van der Waals surface area contributed by atoms with E-state index < -0.39 is 41.9 Å². The van der Waals surface area contributed by atoms with Gasteiger partial charge in [-0.2, -0.15) is 0 Å². The molecule has 0 aliphatic carbocycles. The Balaban J connectivity index is 2.86. The largest absolute Gasteiger partial charge is 0.480 e. The number of carbonyl (C=O) groups is 4. The zero-order chi connectivity index (χ0) is 22.7. The molecule has 1 aromatic carbocycles. The lowest BCUT2D eigenvalue weighted by molar-refractivity contribution is -0.142. The number of carboxylic acids is 1. The summed E-state index contributed by atoms with van der Waals surface area (Å²) in [7, 11) is 0. The summed E-state index contributed by atoms with van der Waals surface area (Å²) < 4.78 is 0. The maximum Gasteiger partial charge on any atom is 0.326 e. The van der Waals surface area contributed by atoms with Gasteiger partial charge in [0.25, 0.3) is 0 Å². The fourth-order valence-electron chi connectivity index (χ4n) is 2.68. The zero-order valence-corrected chi connectivity index (χ0v) is 17.3. The van der Waals surface area contributed by atoms with Crippen molar-refractivity contribution in [2.75, 3.05) is 6.54 Å². The number of hydrogen-bond acceptors (Lipinski definition) is 5. The topological polar surface area (TPSA) is 177 Å². The smallest absolute Gasteiger partial charge is 0.326 e. The molecular weight excluding hydrogens is 390 g/mol. The Morgan fingerprint density at radius 2 is 1.60 bits per heavy atom. The van der Waals surface area contributed by atoms with Gasteiger partial charge < -0.3 is 32.5 Å². The summed E-state index contributed by atoms with van der Waals surface area (Å²) in [5.41, 5.74) is 11.6. The van der Waals surface area contributed by atoms with Crippen LogP contribution in [-0.2, 0) is 20.8 Å². The maximum absolute atomic E-state index is 12.8. The molecule has 0 unspecified atom stereocenters. The van der Waals surface area contributed by atoms with Crippen LogP contribution < -0.4 is 27.4 Å². The van der Waals surface area contributed by atoms with E-state index in [1.54, 1.807) is 38.1 Å². The van der Waals surface area contributed by atoms with E-state index in [1.165, 1.54) is 0 Å². The van der Waals surface area contributed by atoms with E-state index in [-0.39, 0.29) is 25.3 Å². The van der Waals surface area contributed by atoms with E-state index in [9.17, 15) is 24.3 Å². The Bertz CT molecular complexity index is 726. The van der Waals surface area contributed by atoms with Gasteiger partial charge in [-0.15, -0.1) is 0 Å². The molecule has 10 heteroatoms. The average molecular weight is 421 g/mol. The summed E-state index contributed by atoms with van der Waals surface area (Å²) in [6.45, 7) is 3.76. The second kappa shape index (κ2) is 12.4. The molecule has 30 heavy (non-hydrogen) atoms. The molecule has 0 fully saturated rings. The van der Waals surface area contributed by atoms with Gasteiger partial charge in [-0.1, -0.05) is 44.2 Å². The average Bonchev–Trinajstić information content (AvgIpc) is 2.69. The number of hydrogen-bond donors (Lipinski definition) is 6. The van der Waals surface area contributed by atoms with Crippen molar-refractivity contribution in [1.29, 1.82) is 0 Å². The second-order valence-electron chi connectivity index (χ2n) is 7.35. The van der Waals surface area contributed by atoms with Crippen LogP contribution in [0.2, 0.25) is 0 Å². The van der Waals surface area contributed by atoms with Crippen molar-refractivity contribution in [2.24, 2.45) is 17.4 Å². The number of amides is 4. The predicted octanol–water partition coefficient (Wildman–Crippen LogP) is -0.285. The van der Waals surface area contributed by atoms with E-state index in [0.29, 0.717) is 6.42 Å². The molecule has 166 valence electrons. The van der Waals surface area contributed by atoms with Crippen LogP contribution in [0.25, 0.3) is 0 Å². The van der Waals surface area contributed by atoms with E-state index in [0.717, 1.165) is 5.56 Å². The maximum atomic E-state index is 12.8. The summed E-state index contributed by atoms with van der Waals surface area (Å²) in [5.74, 6) is -2.46. The summed E-state index contributed by atoms with van der Waals surface area (Å²) in [6, 6.07) is 5.36. The van der Waals surface area contributed by atoms with E-state index in [4.69, 9.17) is 11.5 Å². The van der Waals surface area contributed by atoms with Crippen LogP contribution in [0, 0.1) is 5.92 Å². The van der Waals surface area contributed by atoms with Gasteiger partial charge in [0.1, 0.15) is 12.1 Å². The Kier molecular flexibility index (Phi) is 10.3.